The van der Waals surface area contributed by atoms with Crippen LogP contribution in [0.4, 0.5) is 0 Å². The third kappa shape index (κ3) is 6.50. The van der Waals surface area contributed by atoms with Crippen LogP contribution < -0.4 is 5.73 Å². The third-order valence-corrected chi connectivity index (χ3v) is 0.823. The summed E-state index contributed by atoms with van der Waals surface area (Å²) in [5, 5.41) is 8.15. The number of hydrogen-bond acceptors (Lipinski definition) is 2. The normalized spacial score (nSPS) is 12.0. The van der Waals surface area contributed by atoms with Gasteiger partial charge in [0.2, 0.25) is 0 Å². The van der Waals surface area contributed by atoms with Crippen LogP contribution in [0.3, 0.4) is 0 Å². The minimum atomic E-state index is -1.26. The van der Waals surface area contributed by atoms with E-state index in [1.165, 1.54) is 0 Å². The molecule has 0 saturated heterocycles. The zero-order chi connectivity index (χ0) is 5.91. The summed E-state index contributed by atoms with van der Waals surface area (Å²) < 4.78 is -1.26. The summed E-state index contributed by atoms with van der Waals surface area (Å²) in [6, 6.07) is 0. The molecule has 3 N–H and O–H groups in total. The van der Waals surface area contributed by atoms with Crippen LogP contribution in [0.25, 0.3) is 0 Å². The highest BCUT2D eigenvalue weighted by atomic mass is 35.5. The molecule has 0 aromatic carbocycles. The highest BCUT2D eigenvalue weighted by Crippen LogP contribution is 2.15. The minimum Gasteiger partial charge on any atom is -0.396 e. The van der Waals surface area contributed by atoms with Crippen molar-refractivity contribution in [1.29, 1.82) is 0 Å². The second-order valence-corrected chi connectivity index (χ2v) is 2.78. The maximum absolute atomic E-state index is 8.15. The van der Waals surface area contributed by atoms with Gasteiger partial charge in [0.25, 0.3) is 0 Å². The fourth-order valence-corrected chi connectivity index (χ4v) is 0.318. The maximum Gasteiger partial charge on any atom is 0.168 e. The van der Waals surface area contributed by atoms with E-state index in [-0.39, 0.29) is 13.0 Å². The van der Waals surface area contributed by atoms with Gasteiger partial charge in [-0.25, -0.2) is 0 Å². The van der Waals surface area contributed by atoms with Crippen LogP contribution in [0.2, 0.25) is 0 Å². The molecule has 0 saturated carbocycles. The average molecular weight is 144 g/mol. The molecule has 0 heterocycles. The zero-order valence-electron chi connectivity index (χ0n) is 3.69. The summed E-state index contributed by atoms with van der Waals surface area (Å²) in [6.07, 6.45) is 0.204. The molecule has 2 nitrogen and oxygen atoms in total. The van der Waals surface area contributed by atoms with Crippen molar-refractivity contribution in [2.75, 3.05) is 6.61 Å². The molecule has 0 aliphatic rings. The van der Waals surface area contributed by atoms with Crippen molar-refractivity contribution >= 4 is 23.2 Å². The first-order valence-corrected chi connectivity index (χ1v) is 2.59. The molecule has 0 spiro atoms. The Kier molecular flexibility index (Phi) is 2.92. The number of halogens is 2. The molecule has 0 aromatic heterocycles. The summed E-state index contributed by atoms with van der Waals surface area (Å²) in [7, 11) is 0. The SMILES string of the molecule is NC(Cl)(Cl)CCO. The van der Waals surface area contributed by atoms with Crippen molar-refractivity contribution in [2.24, 2.45) is 5.73 Å². The smallest absolute Gasteiger partial charge is 0.168 e. The van der Waals surface area contributed by atoms with Gasteiger partial charge in [0.15, 0.2) is 4.46 Å². The first-order valence-electron chi connectivity index (χ1n) is 1.84. The van der Waals surface area contributed by atoms with E-state index in [4.69, 9.17) is 34.0 Å². The van der Waals surface area contributed by atoms with Crippen LogP contribution in [-0.4, -0.2) is 16.2 Å². The van der Waals surface area contributed by atoms with Gasteiger partial charge in [-0.1, -0.05) is 23.2 Å². The van der Waals surface area contributed by atoms with Crippen molar-refractivity contribution in [3.05, 3.63) is 0 Å². The fourth-order valence-electron chi connectivity index (χ4n) is 0.149. The second kappa shape index (κ2) is 2.72. The summed E-state index contributed by atoms with van der Waals surface area (Å²) in [6.45, 7) is -0.0799. The lowest BCUT2D eigenvalue weighted by atomic mass is 10.5. The molecule has 0 amide bonds. The number of alkyl halides is 2. The highest BCUT2D eigenvalue weighted by molar-refractivity contribution is 6.47. The van der Waals surface area contributed by atoms with Crippen LogP contribution in [0.1, 0.15) is 6.42 Å². The van der Waals surface area contributed by atoms with E-state index in [2.05, 4.69) is 0 Å². The Bertz CT molecular complexity index is 51.4. The Balaban J connectivity index is 3.15. The number of rotatable bonds is 2. The van der Waals surface area contributed by atoms with Crippen LogP contribution in [0, 0.1) is 0 Å². The van der Waals surface area contributed by atoms with Crippen molar-refractivity contribution < 1.29 is 5.11 Å². The molecular formula is C3H7Cl2NO. The number of hydrogen-bond donors (Lipinski definition) is 2. The van der Waals surface area contributed by atoms with Crippen molar-refractivity contribution in [3.8, 4) is 0 Å². The molecule has 7 heavy (non-hydrogen) atoms. The van der Waals surface area contributed by atoms with E-state index in [0.29, 0.717) is 0 Å². The lowest BCUT2D eigenvalue weighted by Crippen LogP contribution is -2.26. The summed E-state index contributed by atoms with van der Waals surface area (Å²) in [5.74, 6) is 0. The number of nitrogens with two attached hydrogens (primary N) is 1. The molecular weight excluding hydrogens is 137 g/mol. The largest absolute Gasteiger partial charge is 0.396 e. The van der Waals surface area contributed by atoms with Gasteiger partial charge in [0.1, 0.15) is 0 Å². The molecule has 0 unspecified atom stereocenters. The molecule has 4 heteroatoms. The number of aliphatic hydroxyl groups excluding tert-OH is 1. The Morgan fingerprint density at radius 3 is 2.00 bits per heavy atom. The third-order valence-electron chi connectivity index (χ3n) is 0.445. The van der Waals surface area contributed by atoms with Crippen LogP contribution in [0.5, 0.6) is 0 Å². The fraction of sp³-hybridized carbons (Fsp3) is 1.00. The zero-order valence-corrected chi connectivity index (χ0v) is 5.21. The van der Waals surface area contributed by atoms with Gasteiger partial charge in [0, 0.05) is 13.0 Å². The Morgan fingerprint density at radius 1 is 1.57 bits per heavy atom. The molecule has 0 rings (SSSR count). The quantitative estimate of drug-likeness (QED) is 0.436. The lowest BCUT2D eigenvalue weighted by molar-refractivity contribution is 0.282. The maximum atomic E-state index is 8.15. The highest BCUT2D eigenvalue weighted by Gasteiger charge is 2.14. The standard InChI is InChI=1S/C3H7Cl2NO/c4-3(5,6)1-2-7/h7H,1-2,6H2. The lowest BCUT2D eigenvalue weighted by Gasteiger charge is -2.08. The van der Waals surface area contributed by atoms with E-state index in [1.54, 1.807) is 0 Å². The Labute approximate surface area is 52.2 Å². The van der Waals surface area contributed by atoms with Crippen molar-refractivity contribution in [2.45, 2.75) is 10.9 Å². The average Bonchev–Trinajstić information content (AvgIpc) is 1.30. The van der Waals surface area contributed by atoms with E-state index in [0.717, 1.165) is 0 Å². The van der Waals surface area contributed by atoms with Gasteiger partial charge < -0.3 is 10.8 Å². The molecule has 44 valence electrons. The summed E-state index contributed by atoms with van der Waals surface area (Å²) in [4.78, 5) is 0. The van der Waals surface area contributed by atoms with Gasteiger partial charge >= 0.3 is 0 Å². The van der Waals surface area contributed by atoms with Crippen molar-refractivity contribution in [1.82, 2.24) is 0 Å². The molecule has 0 aliphatic carbocycles. The number of aliphatic hydroxyl groups is 1. The Morgan fingerprint density at radius 2 is 2.00 bits per heavy atom. The first-order chi connectivity index (χ1) is 3.06. The van der Waals surface area contributed by atoms with Gasteiger partial charge in [-0.3, -0.25) is 0 Å². The molecule has 0 bridgehead atoms. The molecule has 0 aromatic rings. The van der Waals surface area contributed by atoms with Crippen LogP contribution in [-0.2, 0) is 0 Å². The van der Waals surface area contributed by atoms with E-state index in [1.807, 2.05) is 0 Å². The van der Waals surface area contributed by atoms with E-state index < -0.39 is 4.46 Å². The predicted molar refractivity (Wildman–Crippen MR) is 30.3 cm³/mol. The first kappa shape index (κ1) is 7.50. The van der Waals surface area contributed by atoms with Crippen LogP contribution in [0.15, 0.2) is 0 Å². The van der Waals surface area contributed by atoms with E-state index in [9.17, 15) is 0 Å². The summed E-state index contributed by atoms with van der Waals surface area (Å²) in [5.41, 5.74) is 5.02. The molecule has 0 aliphatic heterocycles. The topological polar surface area (TPSA) is 46.2 Å². The minimum absolute atomic E-state index is 0.0799. The van der Waals surface area contributed by atoms with Crippen LogP contribution >= 0.6 is 23.2 Å². The van der Waals surface area contributed by atoms with E-state index >= 15 is 0 Å². The monoisotopic (exact) mass is 143 g/mol. The van der Waals surface area contributed by atoms with Crippen molar-refractivity contribution in [3.63, 3.8) is 0 Å². The van der Waals surface area contributed by atoms with Gasteiger partial charge in [-0.15, -0.1) is 0 Å². The predicted octanol–water partition coefficient (Wildman–Crippen LogP) is 0.459. The van der Waals surface area contributed by atoms with Gasteiger partial charge in [-0.2, -0.15) is 0 Å². The molecule has 0 atom stereocenters. The van der Waals surface area contributed by atoms with Gasteiger partial charge in [0.05, 0.1) is 0 Å². The Hall–Kier alpha value is 0.500. The second-order valence-electron chi connectivity index (χ2n) is 1.23. The molecule has 0 fully saturated rings. The van der Waals surface area contributed by atoms with Gasteiger partial charge in [-0.05, 0) is 0 Å². The molecule has 0 radical (unpaired) electrons. The summed E-state index contributed by atoms with van der Waals surface area (Å²) >= 11 is 10.4.